The largest absolute Gasteiger partial charge is 0.322 e. The molecule has 0 saturated heterocycles. The SMILES string of the molecule is Cc1ccccc1NS(=O)(=O)c1cc(C(=O)Nc2ccc(S(=O)(=O)Nc3ncccn3)cc2)ccc1Cl. The Bertz CT molecular complexity index is 1660. The molecule has 10 nitrogen and oxygen atoms in total. The lowest BCUT2D eigenvalue weighted by molar-refractivity contribution is 0.102. The number of para-hydroxylation sites is 1. The summed E-state index contributed by atoms with van der Waals surface area (Å²) in [6.07, 6.45) is 2.80. The smallest absolute Gasteiger partial charge is 0.264 e. The van der Waals surface area contributed by atoms with Crippen LogP contribution in [0.4, 0.5) is 17.3 Å². The molecule has 3 N–H and O–H groups in total. The van der Waals surface area contributed by atoms with Gasteiger partial charge in [-0.2, -0.15) is 0 Å². The van der Waals surface area contributed by atoms with Crippen LogP contribution in [0, 0.1) is 6.92 Å². The van der Waals surface area contributed by atoms with Crippen LogP contribution in [0.5, 0.6) is 0 Å². The lowest BCUT2D eigenvalue weighted by Crippen LogP contribution is -2.17. The van der Waals surface area contributed by atoms with Gasteiger partial charge in [0.25, 0.3) is 26.0 Å². The van der Waals surface area contributed by atoms with Crippen molar-refractivity contribution in [3.8, 4) is 0 Å². The summed E-state index contributed by atoms with van der Waals surface area (Å²) in [5.74, 6) is -0.694. The van der Waals surface area contributed by atoms with Crippen molar-refractivity contribution in [2.45, 2.75) is 16.7 Å². The molecule has 0 aliphatic carbocycles. The first kappa shape index (κ1) is 26.1. The van der Waals surface area contributed by atoms with Crippen LogP contribution in [0.1, 0.15) is 15.9 Å². The molecule has 0 fully saturated rings. The third kappa shape index (κ3) is 6.23. The molecule has 1 amide bonds. The van der Waals surface area contributed by atoms with Gasteiger partial charge < -0.3 is 5.32 Å². The molecule has 0 unspecified atom stereocenters. The molecule has 0 aliphatic heterocycles. The van der Waals surface area contributed by atoms with Crippen molar-refractivity contribution in [3.63, 3.8) is 0 Å². The van der Waals surface area contributed by atoms with Crippen LogP contribution in [0.25, 0.3) is 0 Å². The van der Waals surface area contributed by atoms with Crippen molar-refractivity contribution < 1.29 is 21.6 Å². The van der Waals surface area contributed by atoms with Gasteiger partial charge in [-0.25, -0.2) is 31.5 Å². The summed E-state index contributed by atoms with van der Waals surface area (Å²) < 4.78 is 55.7. The second kappa shape index (κ2) is 10.5. The Morgan fingerprint density at radius 3 is 2.16 bits per heavy atom. The number of aromatic nitrogens is 2. The Hall–Kier alpha value is -4.00. The van der Waals surface area contributed by atoms with E-state index in [1.807, 2.05) is 0 Å². The molecule has 13 heteroatoms. The minimum Gasteiger partial charge on any atom is -0.322 e. The van der Waals surface area contributed by atoms with Crippen molar-refractivity contribution in [3.05, 3.63) is 101 Å². The van der Waals surface area contributed by atoms with Crippen LogP contribution in [-0.2, 0) is 20.0 Å². The molecule has 4 rings (SSSR count). The Morgan fingerprint density at radius 1 is 0.811 bits per heavy atom. The fraction of sp³-hybridized carbons (Fsp3) is 0.0417. The Kier molecular flexibility index (Phi) is 7.43. The minimum atomic E-state index is -4.09. The first-order valence-electron chi connectivity index (χ1n) is 10.6. The second-order valence-electron chi connectivity index (χ2n) is 7.72. The van der Waals surface area contributed by atoms with Gasteiger partial charge >= 0.3 is 0 Å². The number of aryl methyl sites for hydroxylation is 1. The molecule has 0 atom stereocenters. The highest BCUT2D eigenvalue weighted by atomic mass is 35.5. The molecular weight excluding hydrogens is 538 g/mol. The number of carbonyl (C=O) groups is 1. The van der Waals surface area contributed by atoms with E-state index < -0.39 is 26.0 Å². The summed E-state index contributed by atoms with van der Waals surface area (Å²) in [5, 5.41) is 2.55. The van der Waals surface area contributed by atoms with Gasteiger partial charge in [0.1, 0.15) is 4.90 Å². The predicted molar refractivity (Wildman–Crippen MR) is 141 cm³/mol. The van der Waals surface area contributed by atoms with Gasteiger partial charge in [-0.1, -0.05) is 29.8 Å². The van der Waals surface area contributed by atoms with Crippen molar-refractivity contribution in [2.75, 3.05) is 14.8 Å². The standard InChI is InChI=1S/C24H20ClN5O5S2/c1-16-5-2-3-6-21(16)29-37(34,35)22-15-17(7-12-20(22)25)23(31)28-18-8-10-19(11-9-18)36(32,33)30-24-26-13-4-14-27-24/h2-15,29H,1H3,(H,28,31)(H,26,27,30). The van der Waals surface area contributed by atoms with Gasteiger partial charge in [-0.3, -0.25) is 9.52 Å². The average Bonchev–Trinajstić information content (AvgIpc) is 2.86. The van der Waals surface area contributed by atoms with Crippen molar-refractivity contribution in [1.29, 1.82) is 0 Å². The molecule has 0 bridgehead atoms. The van der Waals surface area contributed by atoms with Crippen molar-refractivity contribution in [2.24, 2.45) is 0 Å². The van der Waals surface area contributed by atoms with E-state index >= 15 is 0 Å². The summed E-state index contributed by atoms with van der Waals surface area (Å²) in [6.45, 7) is 1.76. The predicted octanol–water partition coefficient (Wildman–Crippen LogP) is 4.29. The minimum absolute atomic E-state index is 0.0362. The maximum Gasteiger partial charge on any atom is 0.264 e. The number of benzene rings is 3. The molecule has 4 aromatic rings. The van der Waals surface area contributed by atoms with Gasteiger partial charge in [0.2, 0.25) is 5.95 Å². The number of carbonyl (C=O) groups excluding carboxylic acids is 1. The summed E-state index contributed by atoms with van der Waals surface area (Å²) in [7, 11) is -8.03. The normalized spacial score (nSPS) is 11.5. The summed E-state index contributed by atoms with van der Waals surface area (Å²) in [4.78, 5) is 20.1. The molecule has 0 spiro atoms. The average molecular weight is 558 g/mol. The van der Waals surface area contributed by atoms with Gasteiger partial charge in [-0.15, -0.1) is 0 Å². The number of nitrogens with one attached hydrogen (secondary N) is 3. The highest BCUT2D eigenvalue weighted by molar-refractivity contribution is 7.93. The Morgan fingerprint density at radius 2 is 1.49 bits per heavy atom. The molecular formula is C24H20ClN5O5S2. The molecule has 1 heterocycles. The maximum atomic E-state index is 13.0. The number of sulfonamides is 2. The number of hydrogen-bond acceptors (Lipinski definition) is 7. The van der Waals surface area contributed by atoms with Crippen LogP contribution >= 0.6 is 11.6 Å². The van der Waals surface area contributed by atoms with Crippen LogP contribution in [-0.4, -0.2) is 32.7 Å². The number of amides is 1. The zero-order chi connectivity index (χ0) is 26.6. The molecule has 0 saturated carbocycles. The van der Waals surface area contributed by atoms with Crippen LogP contribution in [0.2, 0.25) is 5.02 Å². The number of halogens is 1. The number of hydrogen-bond donors (Lipinski definition) is 3. The molecule has 37 heavy (non-hydrogen) atoms. The van der Waals surface area contributed by atoms with E-state index in [0.717, 1.165) is 0 Å². The fourth-order valence-electron chi connectivity index (χ4n) is 3.19. The van der Waals surface area contributed by atoms with Crippen LogP contribution < -0.4 is 14.8 Å². The number of anilines is 3. The molecule has 3 aromatic carbocycles. The van der Waals surface area contributed by atoms with Crippen LogP contribution in [0.3, 0.4) is 0 Å². The lowest BCUT2D eigenvalue weighted by Gasteiger charge is -2.13. The van der Waals surface area contributed by atoms with E-state index in [0.29, 0.717) is 11.3 Å². The van der Waals surface area contributed by atoms with Crippen molar-refractivity contribution in [1.82, 2.24) is 9.97 Å². The first-order valence-corrected chi connectivity index (χ1v) is 14.0. The van der Waals surface area contributed by atoms with E-state index in [2.05, 4.69) is 24.7 Å². The first-order chi connectivity index (χ1) is 17.5. The van der Waals surface area contributed by atoms with E-state index in [1.165, 1.54) is 54.9 Å². The third-order valence-corrected chi connectivity index (χ3v) is 8.28. The molecule has 1 aromatic heterocycles. The molecule has 0 aliphatic rings. The summed E-state index contributed by atoms with van der Waals surface area (Å²) >= 11 is 6.15. The molecule has 190 valence electrons. The van der Waals surface area contributed by atoms with E-state index in [4.69, 9.17) is 11.6 Å². The highest BCUT2D eigenvalue weighted by Crippen LogP contribution is 2.27. The quantitative estimate of drug-likeness (QED) is 0.293. The monoisotopic (exact) mass is 557 g/mol. The number of rotatable bonds is 8. The van der Waals surface area contributed by atoms with Gasteiger partial charge in [-0.05, 0) is 67.1 Å². The van der Waals surface area contributed by atoms with Crippen molar-refractivity contribution >= 4 is 54.9 Å². The summed E-state index contributed by atoms with van der Waals surface area (Å²) in [6, 6.07) is 17.6. The van der Waals surface area contributed by atoms with Crippen LogP contribution in [0.15, 0.2) is 95.0 Å². The highest BCUT2D eigenvalue weighted by Gasteiger charge is 2.21. The second-order valence-corrected chi connectivity index (χ2v) is 11.5. The van der Waals surface area contributed by atoms with Gasteiger partial charge in [0, 0.05) is 23.6 Å². The molecule has 0 radical (unpaired) electrons. The van der Waals surface area contributed by atoms with E-state index in [-0.39, 0.29) is 32.0 Å². The van der Waals surface area contributed by atoms with E-state index in [1.54, 1.807) is 37.3 Å². The third-order valence-electron chi connectivity index (χ3n) is 5.09. The Labute approximate surface area is 218 Å². The summed E-state index contributed by atoms with van der Waals surface area (Å²) in [5.41, 5.74) is 1.43. The topological polar surface area (TPSA) is 147 Å². The maximum absolute atomic E-state index is 13.0. The zero-order valence-corrected chi connectivity index (χ0v) is 21.6. The number of nitrogens with zero attached hydrogens (tertiary/aromatic N) is 2. The lowest BCUT2D eigenvalue weighted by atomic mass is 10.2. The van der Waals surface area contributed by atoms with E-state index in [9.17, 15) is 21.6 Å². The van der Waals surface area contributed by atoms with Gasteiger partial charge in [0.15, 0.2) is 0 Å². The van der Waals surface area contributed by atoms with Gasteiger partial charge in [0.05, 0.1) is 15.6 Å². The Balaban J connectivity index is 1.51. The fourth-order valence-corrected chi connectivity index (χ4v) is 5.80. The zero-order valence-electron chi connectivity index (χ0n) is 19.2.